The van der Waals surface area contributed by atoms with E-state index in [1.807, 2.05) is 50.2 Å². The Balaban J connectivity index is 2.43. The van der Waals surface area contributed by atoms with E-state index in [0.29, 0.717) is 11.2 Å². The zero-order chi connectivity index (χ0) is 12.7. The molecule has 2 heterocycles. The zero-order valence-corrected chi connectivity index (χ0v) is 10.3. The van der Waals surface area contributed by atoms with Gasteiger partial charge in [-0.05, 0) is 25.5 Å². The van der Waals surface area contributed by atoms with Gasteiger partial charge in [-0.15, -0.1) is 0 Å². The van der Waals surface area contributed by atoms with E-state index in [0.717, 1.165) is 17.0 Å². The molecule has 1 N–H and O–H groups in total. The standard InChI is InChI=1S/C14H13N3O/c1-9-8-10(2)17-13(15-9)12(14(18)16-17)11-6-4-3-5-7-11/h3-8H,1-2H3,(H,16,18). The average Bonchev–Trinajstić information content (AvgIpc) is 2.67. The van der Waals surface area contributed by atoms with Crippen molar-refractivity contribution in [1.82, 2.24) is 14.6 Å². The maximum Gasteiger partial charge on any atom is 0.274 e. The summed E-state index contributed by atoms with van der Waals surface area (Å²) in [6.07, 6.45) is 0. The topological polar surface area (TPSA) is 50.2 Å². The largest absolute Gasteiger partial charge is 0.274 e. The maximum atomic E-state index is 12.1. The molecule has 0 unspecified atom stereocenters. The predicted molar refractivity (Wildman–Crippen MR) is 70.7 cm³/mol. The lowest BCUT2D eigenvalue weighted by atomic mass is 10.1. The van der Waals surface area contributed by atoms with E-state index in [1.54, 1.807) is 4.52 Å². The van der Waals surface area contributed by atoms with Gasteiger partial charge in [0.1, 0.15) is 0 Å². The lowest BCUT2D eigenvalue weighted by Crippen LogP contribution is -2.03. The van der Waals surface area contributed by atoms with Gasteiger partial charge in [-0.25, -0.2) is 9.50 Å². The molecule has 0 atom stereocenters. The molecule has 0 bridgehead atoms. The van der Waals surface area contributed by atoms with Gasteiger partial charge in [0, 0.05) is 11.4 Å². The third-order valence-electron chi connectivity index (χ3n) is 2.99. The number of aryl methyl sites for hydroxylation is 2. The highest BCUT2D eigenvalue weighted by Crippen LogP contribution is 2.20. The molecule has 0 aliphatic heterocycles. The van der Waals surface area contributed by atoms with Gasteiger partial charge in [0.05, 0.1) is 5.56 Å². The fourth-order valence-electron chi connectivity index (χ4n) is 2.22. The minimum Gasteiger partial charge on any atom is -0.267 e. The van der Waals surface area contributed by atoms with Gasteiger partial charge in [-0.1, -0.05) is 30.3 Å². The lowest BCUT2D eigenvalue weighted by molar-refractivity contribution is 0.871. The summed E-state index contributed by atoms with van der Waals surface area (Å²) in [5.41, 5.74) is 3.97. The molecule has 0 saturated heterocycles. The molecule has 4 heteroatoms. The lowest BCUT2D eigenvalue weighted by Gasteiger charge is -2.02. The minimum atomic E-state index is -0.109. The molecule has 90 valence electrons. The summed E-state index contributed by atoms with van der Waals surface area (Å²) in [5.74, 6) is 0. The molecule has 3 aromatic rings. The highest BCUT2D eigenvalue weighted by Gasteiger charge is 2.13. The van der Waals surface area contributed by atoms with Gasteiger partial charge in [-0.3, -0.25) is 9.89 Å². The smallest absolute Gasteiger partial charge is 0.267 e. The Hall–Kier alpha value is -2.36. The van der Waals surface area contributed by atoms with Gasteiger partial charge in [0.2, 0.25) is 0 Å². The van der Waals surface area contributed by atoms with E-state index in [1.165, 1.54) is 0 Å². The van der Waals surface area contributed by atoms with Crippen molar-refractivity contribution in [3.63, 3.8) is 0 Å². The zero-order valence-electron chi connectivity index (χ0n) is 10.3. The summed E-state index contributed by atoms with van der Waals surface area (Å²) in [7, 11) is 0. The van der Waals surface area contributed by atoms with Gasteiger partial charge < -0.3 is 0 Å². The molecule has 0 fully saturated rings. The summed E-state index contributed by atoms with van der Waals surface area (Å²) in [4.78, 5) is 16.6. The maximum absolute atomic E-state index is 12.1. The third kappa shape index (κ3) is 1.54. The van der Waals surface area contributed by atoms with Crippen molar-refractivity contribution in [3.8, 4) is 11.1 Å². The van der Waals surface area contributed by atoms with Crippen LogP contribution in [0.15, 0.2) is 41.2 Å². The van der Waals surface area contributed by atoms with Crippen molar-refractivity contribution in [2.45, 2.75) is 13.8 Å². The molecule has 3 rings (SSSR count). The molecule has 0 spiro atoms. The fourth-order valence-corrected chi connectivity index (χ4v) is 2.22. The summed E-state index contributed by atoms with van der Waals surface area (Å²) < 4.78 is 1.73. The summed E-state index contributed by atoms with van der Waals surface area (Å²) >= 11 is 0. The number of rotatable bonds is 1. The van der Waals surface area contributed by atoms with E-state index in [9.17, 15) is 4.79 Å². The van der Waals surface area contributed by atoms with E-state index >= 15 is 0 Å². The number of nitrogens with zero attached hydrogens (tertiary/aromatic N) is 2. The van der Waals surface area contributed by atoms with Crippen LogP contribution >= 0.6 is 0 Å². The first-order chi connectivity index (χ1) is 8.66. The fraction of sp³-hybridized carbons (Fsp3) is 0.143. The second-order valence-electron chi connectivity index (χ2n) is 4.38. The van der Waals surface area contributed by atoms with Crippen LogP contribution in [0.4, 0.5) is 0 Å². The van der Waals surface area contributed by atoms with E-state index < -0.39 is 0 Å². The van der Waals surface area contributed by atoms with Crippen LogP contribution in [0.2, 0.25) is 0 Å². The highest BCUT2D eigenvalue weighted by atomic mass is 16.1. The molecule has 0 aliphatic rings. The van der Waals surface area contributed by atoms with Crippen LogP contribution < -0.4 is 5.56 Å². The first-order valence-corrected chi connectivity index (χ1v) is 5.81. The molecule has 0 saturated carbocycles. The van der Waals surface area contributed by atoms with Gasteiger partial charge in [0.25, 0.3) is 5.56 Å². The number of fused-ring (bicyclic) bond motifs is 1. The summed E-state index contributed by atoms with van der Waals surface area (Å²) in [5, 5.41) is 2.82. The molecule has 0 aliphatic carbocycles. The first kappa shape index (κ1) is 10.8. The molecular formula is C14H13N3O. The van der Waals surface area contributed by atoms with Crippen LogP contribution in [-0.2, 0) is 0 Å². The SMILES string of the molecule is Cc1cc(C)n2[nH]c(=O)c(-c3ccccc3)c2n1. The van der Waals surface area contributed by atoms with Crippen LogP contribution in [0, 0.1) is 13.8 Å². The minimum absolute atomic E-state index is 0.109. The number of benzene rings is 1. The number of aromatic nitrogens is 3. The molecule has 4 nitrogen and oxygen atoms in total. The van der Waals surface area contributed by atoms with Crippen LogP contribution in [0.1, 0.15) is 11.4 Å². The van der Waals surface area contributed by atoms with Crippen molar-refractivity contribution in [2.24, 2.45) is 0 Å². The van der Waals surface area contributed by atoms with E-state index in [-0.39, 0.29) is 5.56 Å². The number of nitrogens with one attached hydrogen (secondary N) is 1. The number of H-pyrrole nitrogens is 1. The Labute approximate surface area is 104 Å². The van der Waals surface area contributed by atoms with Crippen molar-refractivity contribution < 1.29 is 0 Å². The average molecular weight is 239 g/mol. The van der Waals surface area contributed by atoms with Crippen molar-refractivity contribution in [3.05, 3.63) is 58.1 Å². The Bertz CT molecular complexity index is 769. The second kappa shape index (κ2) is 3.84. The summed E-state index contributed by atoms with van der Waals surface area (Å²) in [6.45, 7) is 3.88. The number of hydrogen-bond donors (Lipinski definition) is 1. The van der Waals surface area contributed by atoms with Crippen LogP contribution in [-0.4, -0.2) is 14.6 Å². The monoisotopic (exact) mass is 239 g/mol. The molecule has 2 aromatic heterocycles. The Morgan fingerprint density at radius 3 is 2.61 bits per heavy atom. The van der Waals surface area contributed by atoms with Crippen LogP contribution in [0.5, 0.6) is 0 Å². The van der Waals surface area contributed by atoms with Crippen molar-refractivity contribution >= 4 is 5.65 Å². The normalized spacial score (nSPS) is 11.0. The molecule has 18 heavy (non-hydrogen) atoms. The number of hydrogen-bond acceptors (Lipinski definition) is 2. The van der Waals surface area contributed by atoms with Gasteiger partial charge >= 0.3 is 0 Å². The van der Waals surface area contributed by atoms with E-state index in [4.69, 9.17) is 0 Å². The van der Waals surface area contributed by atoms with Crippen molar-refractivity contribution in [2.75, 3.05) is 0 Å². The second-order valence-corrected chi connectivity index (χ2v) is 4.38. The van der Waals surface area contributed by atoms with Crippen LogP contribution in [0.3, 0.4) is 0 Å². The Morgan fingerprint density at radius 2 is 1.89 bits per heavy atom. The summed E-state index contributed by atoms with van der Waals surface area (Å²) in [6, 6.07) is 11.5. The Kier molecular flexibility index (Phi) is 2.30. The molecular weight excluding hydrogens is 226 g/mol. The van der Waals surface area contributed by atoms with Gasteiger partial charge in [0.15, 0.2) is 5.65 Å². The predicted octanol–water partition coefficient (Wildman–Crippen LogP) is 2.31. The van der Waals surface area contributed by atoms with Gasteiger partial charge in [-0.2, -0.15) is 0 Å². The molecule has 1 aromatic carbocycles. The van der Waals surface area contributed by atoms with Crippen molar-refractivity contribution in [1.29, 1.82) is 0 Å². The highest BCUT2D eigenvalue weighted by molar-refractivity contribution is 5.76. The van der Waals surface area contributed by atoms with Crippen LogP contribution in [0.25, 0.3) is 16.8 Å². The quantitative estimate of drug-likeness (QED) is 0.708. The molecule has 0 amide bonds. The first-order valence-electron chi connectivity index (χ1n) is 5.81. The van der Waals surface area contributed by atoms with E-state index in [2.05, 4.69) is 10.1 Å². The molecule has 0 radical (unpaired) electrons. The Morgan fingerprint density at radius 1 is 1.17 bits per heavy atom. The number of aromatic amines is 1. The third-order valence-corrected chi connectivity index (χ3v) is 2.99.